The van der Waals surface area contributed by atoms with E-state index in [1.54, 1.807) is 16.7 Å². The van der Waals surface area contributed by atoms with Gasteiger partial charge < -0.3 is 5.32 Å². The Morgan fingerprint density at radius 3 is 2.70 bits per heavy atom. The van der Waals surface area contributed by atoms with Crippen molar-refractivity contribution in [3.63, 3.8) is 0 Å². The fourth-order valence-electron chi connectivity index (χ4n) is 3.13. The van der Waals surface area contributed by atoms with Crippen molar-refractivity contribution in [2.24, 2.45) is 0 Å². The average molecular weight is 388 g/mol. The maximum Gasteiger partial charge on any atom is 0.266 e. The van der Waals surface area contributed by atoms with Gasteiger partial charge >= 0.3 is 0 Å². The van der Waals surface area contributed by atoms with Crippen molar-refractivity contribution < 1.29 is 4.39 Å². The zero-order valence-corrected chi connectivity index (χ0v) is 16.3. The molecule has 1 aromatic heterocycles. The lowest BCUT2D eigenvalue weighted by atomic mass is 10.1. The summed E-state index contributed by atoms with van der Waals surface area (Å²) >= 11 is 5.98. The Labute approximate surface area is 163 Å². The predicted octanol–water partition coefficient (Wildman–Crippen LogP) is 5.02. The number of fused-ring (bicyclic) bond motifs is 1. The molecule has 0 saturated heterocycles. The van der Waals surface area contributed by atoms with Gasteiger partial charge in [0, 0.05) is 0 Å². The van der Waals surface area contributed by atoms with Crippen LogP contribution in [0.1, 0.15) is 45.0 Å². The first kappa shape index (κ1) is 19.5. The van der Waals surface area contributed by atoms with E-state index in [1.807, 2.05) is 25.1 Å². The molecule has 0 aliphatic rings. The molecule has 0 amide bonds. The van der Waals surface area contributed by atoms with Gasteiger partial charge in [0.25, 0.3) is 5.56 Å². The van der Waals surface area contributed by atoms with Gasteiger partial charge in [0.1, 0.15) is 11.6 Å². The monoisotopic (exact) mass is 387 g/mol. The number of hydrogen-bond donors (Lipinski definition) is 1. The largest absolute Gasteiger partial charge is 0.307 e. The zero-order valence-electron chi connectivity index (χ0n) is 15.5. The van der Waals surface area contributed by atoms with Gasteiger partial charge in [0.15, 0.2) is 0 Å². The molecule has 6 heteroatoms. The van der Waals surface area contributed by atoms with Crippen molar-refractivity contribution in [2.45, 2.75) is 39.2 Å². The summed E-state index contributed by atoms with van der Waals surface area (Å²) in [5.74, 6) is 0.0943. The highest BCUT2D eigenvalue weighted by Crippen LogP contribution is 2.23. The molecule has 0 bridgehead atoms. The molecule has 142 valence electrons. The first-order valence-electron chi connectivity index (χ1n) is 9.27. The van der Waals surface area contributed by atoms with Gasteiger partial charge in [-0.25, -0.2) is 9.37 Å². The highest BCUT2D eigenvalue weighted by atomic mass is 35.5. The van der Waals surface area contributed by atoms with Gasteiger partial charge in [-0.05, 0) is 49.7 Å². The van der Waals surface area contributed by atoms with Crippen LogP contribution in [0.4, 0.5) is 4.39 Å². The molecule has 0 unspecified atom stereocenters. The third-order valence-electron chi connectivity index (χ3n) is 4.60. The minimum Gasteiger partial charge on any atom is -0.307 e. The van der Waals surface area contributed by atoms with Crippen molar-refractivity contribution in [1.29, 1.82) is 0 Å². The van der Waals surface area contributed by atoms with E-state index < -0.39 is 5.82 Å². The molecule has 0 spiro atoms. The highest BCUT2D eigenvalue weighted by molar-refractivity contribution is 6.30. The van der Waals surface area contributed by atoms with Crippen LogP contribution >= 0.6 is 11.6 Å². The van der Waals surface area contributed by atoms with Crippen LogP contribution in [0.3, 0.4) is 0 Å². The second kappa shape index (κ2) is 8.63. The third-order valence-corrected chi connectivity index (χ3v) is 4.89. The molecule has 1 N–H and O–H groups in total. The average Bonchev–Trinajstić information content (AvgIpc) is 2.68. The first-order valence-corrected chi connectivity index (χ1v) is 9.65. The van der Waals surface area contributed by atoms with Crippen molar-refractivity contribution in [2.75, 3.05) is 6.54 Å². The standard InChI is InChI=1S/C21H23ClFN3O/c1-3-5-12-24-18(4-2)20-25-19-9-7-6-8-15(19)21(27)26(20)14-10-11-17(23)16(22)13-14/h6-11,13,18,24H,3-5,12H2,1-2H3/t18-/m0/s1. The van der Waals surface area contributed by atoms with E-state index in [4.69, 9.17) is 16.6 Å². The Balaban J connectivity index is 2.23. The Morgan fingerprint density at radius 2 is 2.00 bits per heavy atom. The van der Waals surface area contributed by atoms with Gasteiger partial charge in [0.05, 0.1) is 27.7 Å². The SMILES string of the molecule is CCCCN[C@@H](CC)c1nc2ccccc2c(=O)n1-c1ccc(F)c(Cl)c1. The Morgan fingerprint density at radius 1 is 1.22 bits per heavy atom. The predicted molar refractivity (Wildman–Crippen MR) is 108 cm³/mol. The molecule has 27 heavy (non-hydrogen) atoms. The molecule has 0 saturated carbocycles. The summed E-state index contributed by atoms with van der Waals surface area (Å²) in [6, 6.07) is 11.5. The summed E-state index contributed by atoms with van der Waals surface area (Å²) < 4.78 is 15.2. The first-order chi connectivity index (χ1) is 13.1. The van der Waals surface area contributed by atoms with Crippen LogP contribution in [0.5, 0.6) is 0 Å². The van der Waals surface area contributed by atoms with Crippen LogP contribution in [0.25, 0.3) is 16.6 Å². The Hall–Kier alpha value is -2.24. The van der Waals surface area contributed by atoms with Crippen LogP contribution < -0.4 is 10.9 Å². The molecular weight excluding hydrogens is 365 g/mol. The minimum absolute atomic E-state index is 0.0227. The lowest BCUT2D eigenvalue weighted by Crippen LogP contribution is -2.31. The lowest BCUT2D eigenvalue weighted by molar-refractivity contribution is 0.476. The Kier molecular flexibility index (Phi) is 6.24. The molecule has 3 aromatic rings. The number of nitrogens with one attached hydrogen (secondary N) is 1. The number of unbranched alkanes of at least 4 members (excludes halogenated alkanes) is 1. The number of para-hydroxylation sites is 1. The summed E-state index contributed by atoms with van der Waals surface area (Å²) in [7, 11) is 0. The van der Waals surface area contributed by atoms with Crippen molar-refractivity contribution >= 4 is 22.5 Å². The molecule has 1 atom stereocenters. The van der Waals surface area contributed by atoms with Crippen molar-refractivity contribution in [1.82, 2.24) is 14.9 Å². The van der Waals surface area contributed by atoms with Crippen molar-refractivity contribution in [3.8, 4) is 5.69 Å². The van der Waals surface area contributed by atoms with E-state index in [2.05, 4.69) is 12.2 Å². The van der Waals surface area contributed by atoms with E-state index in [1.165, 1.54) is 12.1 Å². The number of hydrogen-bond acceptors (Lipinski definition) is 3. The van der Waals surface area contributed by atoms with E-state index in [0.29, 0.717) is 22.4 Å². The molecule has 0 radical (unpaired) electrons. The van der Waals surface area contributed by atoms with E-state index in [9.17, 15) is 9.18 Å². The second-order valence-electron chi connectivity index (χ2n) is 6.49. The molecule has 3 rings (SSSR count). The maximum absolute atomic E-state index is 13.7. The molecule has 0 fully saturated rings. The van der Waals surface area contributed by atoms with E-state index in [0.717, 1.165) is 25.8 Å². The number of nitrogens with zero attached hydrogens (tertiary/aromatic N) is 2. The maximum atomic E-state index is 13.7. The van der Waals surface area contributed by atoms with Gasteiger partial charge in [0.2, 0.25) is 0 Å². The fraction of sp³-hybridized carbons (Fsp3) is 0.333. The van der Waals surface area contributed by atoms with Crippen LogP contribution in [-0.2, 0) is 0 Å². The van der Waals surface area contributed by atoms with Gasteiger partial charge in [-0.15, -0.1) is 0 Å². The van der Waals surface area contributed by atoms with Gasteiger partial charge in [-0.1, -0.05) is 44.0 Å². The summed E-state index contributed by atoms with van der Waals surface area (Å²) in [5, 5.41) is 3.98. The molecule has 0 aliphatic carbocycles. The van der Waals surface area contributed by atoms with Crippen LogP contribution in [0.15, 0.2) is 47.3 Å². The zero-order chi connectivity index (χ0) is 19.4. The molecule has 0 aliphatic heterocycles. The third kappa shape index (κ3) is 4.04. The number of rotatable bonds is 7. The van der Waals surface area contributed by atoms with Crippen LogP contribution in [0.2, 0.25) is 5.02 Å². The van der Waals surface area contributed by atoms with E-state index >= 15 is 0 Å². The minimum atomic E-state index is -0.517. The van der Waals surface area contributed by atoms with Crippen LogP contribution in [0, 0.1) is 5.82 Å². The highest BCUT2D eigenvalue weighted by Gasteiger charge is 2.20. The summed E-state index contributed by atoms with van der Waals surface area (Å²) in [5.41, 5.74) is 0.974. The molecule has 1 heterocycles. The quantitative estimate of drug-likeness (QED) is 0.579. The number of aromatic nitrogens is 2. The summed E-state index contributed by atoms with van der Waals surface area (Å²) in [6.45, 7) is 5.02. The summed E-state index contributed by atoms with van der Waals surface area (Å²) in [4.78, 5) is 18.0. The molecule has 4 nitrogen and oxygen atoms in total. The fourth-order valence-corrected chi connectivity index (χ4v) is 3.30. The second-order valence-corrected chi connectivity index (χ2v) is 6.90. The van der Waals surface area contributed by atoms with Crippen LogP contribution in [-0.4, -0.2) is 16.1 Å². The normalized spacial score (nSPS) is 12.4. The molecular formula is C21H23ClFN3O. The number of benzene rings is 2. The number of halogens is 2. The van der Waals surface area contributed by atoms with Gasteiger partial charge in [-0.3, -0.25) is 9.36 Å². The molecule has 2 aromatic carbocycles. The smallest absolute Gasteiger partial charge is 0.266 e. The lowest BCUT2D eigenvalue weighted by Gasteiger charge is -2.22. The summed E-state index contributed by atoms with van der Waals surface area (Å²) in [6.07, 6.45) is 2.88. The topological polar surface area (TPSA) is 46.9 Å². The van der Waals surface area contributed by atoms with Crippen molar-refractivity contribution in [3.05, 3.63) is 69.5 Å². The van der Waals surface area contributed by atoms with Gasteiger partial charge in [-0.2, -0.15) is 0 Å². The Bertz CT molecular complexity index is 1000. The van der Waals surface area contributed by atoms with E-state index in [-0.39, 0.29) is 16.6 Å².